The molecule has 94 valence electrons. The largest absolute Gasteiger partial charge is 0.316 e. The van der Waals surface area contributed by atoms with Gasteiger partial charge in [-0.2, -0.15) is 0 Å². The SMILES string of the molecule is CC1(C)CNCCC1NCCc1ccccc1. The summed E-state index contributed by atoms with van der Waals surface area (Å²) in [5, 5.41) is 7.19. The summed E-state index contributed by atoms with van der Waals surface area (Å²) in [5.41, 5.74) is 1.79. The minimum atomic E-state index is 0.370. The fourth-order valence-corrected chi connectivity index (χ4v) is 2.58. The minimum Gasteiger partial charge on any atom is -0.316 e. The molecule has 1 saturated heterocycles. The zero-order valence-electron chi connectivity index (χ0n) is 11.0. The molecule has 1 fully saturated rings. The van der Waals surface area contributed by atoms with Crippen molar-refractivity contribution in [3.05, 3.63) is 35.9 Å². The van der Waals surface area contributed by atoms with E-state index in [2.05, 4.69) is 54.8 Å². The lowest BCUT2D eigenvalue weighted by Gasteiger charge is -2.39. The quantitative estimate of drug-likeness (QED) is 0.831. The maximum Gasteiger partial charge on any atom is 0.0143 e. The first kappa shape index (κ1) is 12.6. The summed E-state index contributed by atoms with van der Waals surface area (Å²) < 4.78 is 0. The number of benzene rings is 1. The summed E-state index contributed by atoms with van der Waals surface area (Å²) in [7, 11) is 0. The second-order valence-electron chi connectivity index (χ2n) is 5.70. The molecule has 2 rings (SSSR count). The van der Waals surface area contributed by atoms with Gasteiger partial charge in [0.1, 0.15) is 0 Å². The molecule has 1 heterocycles. The van der Waals surface area contributed by atoms with Crippen molar-refractivity contribution in [3.63, 3.8) is 0 Å². The predicted molar refractivity (Wildman–Crippen MR) is 73.2 cm³/mol. The molecule has 0 bridgehead atoms. The lowest BCUT2D eigenvalue weighted by atomic mass is 9.80. The number of piperidine rings is 1. The molecule has 1 aromatic carbocycles. The Morgan fingerprint density at radius 2 is 2.06 bits per heavy atom. The standard InChI is InChI=1S/C15H24N2/c1-15(2)12-16-10-9-14(15)17-11-8-13-6-4-3-5-7-13/h3-7,14,16-17H,8-12H2,1-2H3. The van der Waals surface area contributed by atoms with Crippen molar-refractivity contribution in [2.24, 2.45) is 5.41 Å². The minimum absolute atomic E-state index is 0.370. The third kappa shape index (κ3) is 3.55. The van der Waals surface area contributed by atoms with Crippen molar-refractivity contribution in [3.8, 4) is 0 Å². The molecule has 2 N–H and O–H groups in total. The van der Waals surface area contributed by atoms with E-state index in [1.165, 1.54) is 12.0 Å². The fourth-order valence-electron chi connectivity index (χ4n) is 2.58. The number of hydrogen-bond acceptors (Lipinski definition) is 2. The molecule has 0 radical (unpaired) electrons. The van der Waals surface area contributed by atoms with Crippen molar-refractivity contribution in [2.45, 2.75) is 32.7 Å². The van der Waals surface area contributed by atoms with Crippen LogP contribution in [0, 0.1) is 5.41 Å². The molecule has 0 spiro atoms. The van der Waals surface area contributed by atoms with Gasteiger partial charge in [-0.3, -0.25) is 0 Å². The molecule has 2 nitrogen and oxygen atoms in total. The monoisotopic (exact) mass is 232 g/mol. The highest BCUT2D eigenvalue weighted by Crippen LogP contribution is 2.24. The van der Waals surface area contributed by atoms with Crippen LogP contribution in [0.3, 0.4) is 0 Å². The van der Waals surface area contributed by atoms with Gasteiger partial charge in [0, 0.05) is 12.6 Å². The van der Waals surface area contributed by atoms with E-state index >= 15 is 0 Å². The summed E-state index contributed by atoms with van der Waals surface area (Å²) in [5.74, 6) is 0. The van der Waals surface area contributed by atoms with Gasteiger partial charge >= 0.3 is 0 Å². The molecule has 1 aliphatic heterocycles. The Hall–Kier alpha value is -0.860. The van der Waals surface area contributed by atoms with Crippen molar-refractivity contribution < 1.29 is 0 Å². The third-order valence-corrected chi connectivity index (χ3v) is 3.78. The van der Waals surface area contributed by atoms with Gasteiger partial charge < -0.3 is 10.6 Å². The number of hydrogen-bond donors (Lipinski definition) is 2. The van der Waals surface area contributed by atoms with E-state index < -0.39 is 0 Å². The topological polar surface area (TPSA) is 24.1 Å². The maximum absolute atomic E-state index is 3.72. The van der Waals surface area contributed by atoms with Gasteiger partial charge in [-0.15, -0.1) is 0 Å². The number of nitrogens with one attached hydrogen (secondary N) is 2. The Morgan fingerprint density at radius 3 is 2.76 bits per heavy atom. The molecular formula is C15H24N2. The highest BCUT2D eigenvalue weighted by atomic mass is 15.0. The van der Waals surface area contributed by atoms with Crippen molar-refractivity contribution in [1.29, 1.82) is 0 Å². The molecule has 2 heteroatoms. The van der Waals surface area contributed by atoms with E-state index in [1.807, 2.05) is 0 Å². The van der Waals surface area contributed by atoms with Gasteiger partial charge in [0.15, 0.2) is 0 Å². The van der Waals surface area contributed by atoms with Gasteiger partial charge in [-0.25, -0.2) is 0 Å². The zero-order valence-corrected chi connectivity index (χ0v) is 11.0. The van der Waals surface area contributed by atoms with Gasteiger partial charge in [-0.1, -0.05) is 44.2 Å². The summed E-state index contributed by atoms with van der Waals surface area (Å²) in [6.45, 7) is 8.04. The molecule has 1 atom stereocenters. The molecule has 17 heavy (non-hydrogen) atoms. The third-order valence-electron chi connectivity index (χ3n) is 3.78. The van der Waals surface area contributed by atoms with Crippen LogP contribution in [0.4, 0.5) is 0 Å². The van der Waals surface area contributed by atoms with Crippen LogP contribution in [0.1, 0.15) is 25.8 Å². The van der Waals surface area contributed by atoms with Crippen LogP contribution in [0.5, 0.6) is 0 Å². The fraction of sp³-hybridized carbons (Fsp3) is 0.600. The van der Waals surface area contributed by atoms with Crippen molar-refractivity contribution in [1.82, 2.24) is 10.6 Å². The second kappa shape index (κ2) is 5.65. The van der Waals surface area contributed by atoms with E-state index in [9.17, 15) is 0 Å². The number of rotatable bonds is 4. The summed E-state index contributed by atoms with van der Waals surface area (Å²) in [6, 6.07) is 11.4. The van der Waals surface area contributed by atoms with Crippen LogP contribution < -0.4 is 10.6 Å². The molecule has 1 aliphatic rings. The Bertz CT molecular complexity index is 332. The van der Waals surface area contributed by atoms with Gasteiger partial charge in [0.05, 0.1) is 0 Å². The Labute approximate surface area is 105 Å². The van der Waals surface area contributed by atoms with Crippen LogP contribution in [-0.2, 0) is 6.42 Å². The smallest absolute Gasteiger partial charge is 0.0143 e. The van der Waals surface area contributed by atoms with Crippen LogP contribution in [-0.4, -0.2) is 25.7 Å². The van der Waals surface area contributed by atoms with Gasteiger partial charge in [-0.05, 0) is 36.9 Å². The van der Waals surface area contributed by atoms with Gasteiger partial charge in [0.25, 0.3) is 0 Å². The highest BCUT2D eigenvalue weighted by Gasteiger charge is 2.31. The molecule has 1 unspecified atom stereocenters. The Balaban J connectivity index is 1.78. The first-order valence-electron chi connectivity index (χ1n) is 6.66. The van der Waals surface area contributed by atoms with Crippen LogP contribution in [0.25, 0.3) is 0 Å². The van der Waals surface area contributed by atoms with Crippen molar-refractivity contribution in [2.75, 3.05) is 19.6 Å². The Kier molecular flexibility index (Phi) is 4.19. The summed E-state index contributed by atoms with van der Waals surface area (Å²) in [6.07, 6.45) is 2.36. The predicted octanol–water partition coefficient (Wildman–Crippen LogP) is 2.21. The Morgan fingerprint density at radius 1 is 1.29 bits per heavy atom. The highest BCUT2D eigenvalue weighted by molar-refractivity contribution is 5.14. The van der Waals surface area contributed by atoms with Crippen LogP contribution in [0.15, 0.2) is 30.3 Å². The maximum atomic E-state index is 3.72. The van der Waals surface area contributed by atoms with E-state index in [-0.39, 0.29) is 0 Å². The lowest BCUT2D eigenvalue weighted by Crippen LogP contribution is -2.53. The second-order valence-corrected chi connectivity index (χ2v) is 5.70. The molecular weight excluding hydrogens is 208 g/mol. The molecule has 0 aliphatic carbocycles. The average molecular weight is 232 g/mol. The van der Waals surface area contributed by atoms with Crippen LogP contribution >= 0.6 is 0 Å². The van der Waals surface area contributed by atoms with Gasteiger partial charge in [0.2, 0.25) is 0 Å². The first-order chi connectivity index (χ1) is 8.18. The van der Waals surface area contributed by atoms with E-state index in [1.54, 1.807) is 0 Å². The van der Waals surface area contributed by atoms with E-state index in [0.29, 0.717) is 11.5 Å². The van der Waals surface area contributed by atoms with E-state index in [4.69, 9.17) is 0 Å². The average Bonchev–Trinajstić information content (AvgIpc) is 2.32. The molecule has 1 aromatic rings. The first-order valence-corrected chi connectivity index (χ1v) is 6.66. The summed E-state index contributed by atoms with van der Waals surface area (Å²) in [4.78, 5) is 0. The van der Waals surface area contributed by atoms with E-state index in [0.717, 1.165) is 26.1 Å². The zero-order chi connectivity index (χ0) is 12.1. The molecule has 0 saturated carbocycles. The lowest BCUT2D eigenvalue weighted by molar-refractivity contribution is 0.186. The van der Waals surface area contributed by atoms with Crippen molar-refractivity contribution >= 4 is 0 Å². The van der Waals surface area contributed by atoms with Crippen LogP contribution in [0.2, 0.25) is 0 Å². The summed E-state index contributed by atoms with van der Waals surface area (Å²) >= 11 is 0. The molecule has 0 aromatic heterocycles. The normalized spacial score (nSPS) is 23.5. The molecule has 0 amide bonds.